The molecule has 2 heterocycles. The highest BCUT2D eigenvalue weighted by Gasteiger charge is 2.28. The molecule has 0 aliphatic carbocycles. The normalized spacial score (nSPS) is 16.3. The number of aromatic nitrogens is 4. The van der Waals surface area contributed by atoms with Crippen molar-refractivity contribution in [2.45, 2.75) is 6.04 Å². The van der Waals surface area contributed by atoms with Crippen LogP contribution in [0.25, 0.3) is 5.70 Å². The molecular formula is C16H10Cl3N5. The maximum absolute atomic E-state index is 6.38. The van der Waals surface area contributed by atoms with Crippen LogP contribution >= 0.6 is 34.8 Å². The van der Waals surface area contributed by atoms with E-state index in [0.29, 0.717) is 21.0 Å². The number of anilines is 1. The molecule has 24 heavy (non-hydrogen) atoms. The summed E-state index contributed by atoms with van der Waals surface area (Å²) in [6.07, 6.45) is 1.96. The molecule has 1 aromatic heterocycles. The van der Waals surface area contributed by atoms with Crippen molar-refractivity contribution in [3.05, 3.63) is 74.7 Å². The topological polar surface area (TPSA) is 55.6 Å². The molecule has 2 aromatic carbocycles. The van der Waals surface area contributed by atoms with Crippen LogP contribution in [-0.2, 0) is 0 Å². The van der Waals surface area contributed by atoms with Gasteiger partial charge < -0.3 is 5.32 Å². The van der Waals surface area contributed by atoms with Gasteiger partial charge in [0.1, 0.15) is 6.04 Å². The predicted octanol–water partition coefficient (Wildman–Crippen LogP) is 4.69. The Labute approximate surface area is 152 Å². The fourth-order valence-electron chi connectivity index (χ4n) is 2.69. The van der Waals surface area contributed by atoms with Crippen molar-refractivity contribution in [1.82, 2.24) is 20.2 Å². The molecule has 1 unspecified atom stereocenters. The number of benzene rings is 2. The standard InChI is InChI=1S/C16H10Cl3N5/c17-10-5-2-1-4-9(10)13-8-14(24-16(20-13)21-22-23-24)15-11(18)6-3-7-12(15)19/h1-8,14H,(H,20,21,23). The highest BCUT2D eigenvalue weighted by atomic mass is 35.5. The first kappa shape index (κ1) is 15.4. The summed E-state index contributed by atoms with van der Waals surface area (Å²) in [5.41, 5.74) is 2.38. The van der Waals surface area contributed by atoms with Crippen molar-refractivity contribution in [3.8, 4) is 0 Å². The Hall–Kier alpha value is -2.08. The van der Waals surface area contributed by atoms with E-state index in [9.17, 15) is 0 Å². The molecule has 0 fully saturated rings. The van der Waals surface area contributed by atoms with Gasteiger partial charge in [0.05, 0.1) is 0 Å². The van der Waals surface area contributed by atoms with E-state index in [4.69, 9.17) is 34.8 Å². The SMILES string of the molecule is Clc1ccccc1C1=CC(c2c(Cl)cccc2Cl)n2nnnc2N1. The van der Waals surface area contributed by atoms with Crippen molar-refractivity contribution in [2.75, 3.05) is 5.32 Å². The summed E-state index contributed by atoms with van der Waals surface area (Å²) in [5.74, 6) is 0.494. The monoisotopic (exact) mass is 377 g/mol. The molecule has 0 bridgehead atoms. The van der Waals surface area contributed by atoms with Crippen LogP contribution in [0.2, 0.25) is 15.1 Å². The second kappa shape index (κ2) is 6.09. The predicted molar refractivity (Wildman–Crippen MR) is 95.5 cm³/mol. The Balaban J connectivity index is 1.91. The lowest BCUT2D eigenvalue weighted by molar-refractivity contribution is 0.586. The minimum atomic E-state index is -0.344. The third-order valence-corrected chi connectivity index (χ3v) is 4.78. The van der Waals surface area contributed by atoms with E-state index in [-0.39, 0.29) is 6.04 Å². The number of hydrogen-bond acceptors (Lipinski definition) is 4. The number of allylic oxidation sites excluding steroid dienone is 1. The van der Waals surface area contributed by atoms with Crippen LogP contribution in [0.15, 0.2) is 48.5 Å². The van der Waals surface area contributed by atoms with Crippen molar-refractivity contribution >= 4 is 46.4 Å². The molecule has 3 aromatic rings. The summed E-state index contributed by atoms with van der Waals surface area (Å²) in [6.45, 7) is 0. The molecule has 0 amide bonds. The summed E-state index contributed by atoms with van der Waals surface area (Å²) in [4.78, 5) is 0. The first-order valence-corrected chi connectivity index (χ1v) is 8.24. The second-order valence-corrected chi connectivity index (χ2v) is 6.43. The zero-order valence-electron chi connectivity index (χ0n) is 12.1. The molecule has 120 valence electrons. The van der Waals surface area contributed by atoms with Gasteiger partial charge >= 0.3 is 0 Å². The van der Waals surface area contributed by atoms with E-state index in [1.54, 1.807) is 22.9 Å². The number of nitrogens with zero attached hydrogens (tertiary/aromatic N) is 4. The van der Waals surface area contributed by atoms with Gasteiger partial charge in [-0.05, 0) is 34.7 Å². The number of fused-ring (bicyclic) bond motifs is 1. The van der Waals surface area contributed by atoms with Gasteiger partial charge in [-0.1, -0.05) is 64.2 Å². The first-order chi connectivity index (χ1) is 11.6. The molecule has 1 N–H and O–H groups in total. The average molecular weight is 379 g/mol. The van der Waals surface area contributed by atoms with E-state index < -0.39 is 0 Å². The lowest BCUT2D eigenvalue weighted by Crippen LogP contribution is -2.21. The van der Waals surface area contributed by atoms with Crippen molar-refractivity contribution < 1.29 is 0 Å². The Morgan fingerprint density at radius 2 is 1.62 bits per heavy atom. The van der Waals surface area contributed by atoms with E-state index in [1.807, 2.05) is 30.3 Å². The van der Waals surface area contributed by atoms with Gasteiger partial charge in [0.15, 0.2) is 0 Å². The largest absolute Gasteiger partial charge is 0.323 e. The summed E-state index contributed by atoms with van der Waals surface area (Å²) in [5, 5.41) is 16.7. The van der Waals surface area contributed by atoms with Gasteiger partial charge in [0.2, 0.25) is 5.95 Å². The Morgan fingerprint density at radius 3 is 2.38 bits per heavy atom. The maximum Gasteiger partial charge on any atom is 0.248 e. The molecule has 0 saturated carbocycles. The van der Waals surface area contributed by atoms with Crippen molar-refractivity contribution in [3.63, 3.8) is 0 Å². The van der Waals surface area contributed by atoms with E-state index in [1.165, 1.54) is 0 Å². The number of hydrogen-bond donors (Lipinski definition) is 1. The summed E-state index contributed by atoms with van der Waals surface area (Å²) < 4.78 is 1.63. The summed E-state index contributed by atoms with van der Waals surface area (Å²) in [6, 6.07) is 12.6. The summed E-state index contributed by atoms with van der Waals surface area (Å²) >= 11 is 19.1. The van der Waals surface area contributed by atoms with Gasteiger partial charge in [-0.2, -0.15) is 4.68 Å². The number of tetrazole rings is 1. The minimum Gasteiger partial charge on any atom is -0.323 e. The third kappa shape index (κ3) is 2.55. The molecule has 1 aliphatic rings. The zero-order chi connectivity index (χ0) is 16.7. The smallest absolute Gasteiger partial charge is 0.248 e. The van der Waals surface area contributed by atoms with Crippen LogP contribution in [0.4, 0.5) is 5.95 Å². The molecule has 0 spiro atoms. The quantitative estimate of drug-likeness (QED) is 0.703. The van der Waals surface area contributed by atoms with Gasteiger partial charge in [0.25, 0.3) is 0 Å². The fourth-order valence-corrected chi connectivity index (χ4v) is 3.55. The lowest BCUT2D eigenvalue weighted by atomic mass is 10.0. The van der Waals surface area contributed by atoms with Crippen LogP contribution in [0.5, 0.6) is 0 Å². The van der Waals surface area contributed by atoms with Gasteiger partial charge in [-0.25, -0.2) is 0 Å². The summed E-state index contributed by atoms with van der Waals surface area (Å²) in [7, 11) is 0. The van der Waals surface area contributed by atoms with Crippen molar-refractivity contribution in [2.24, 2.45) is 0 Å². The molecule has 1 aliphatic heterocycles. The molecule has 4 rings (SSSR count). The number of nitrogens with one attached hydrogen (secondary N) is 1. The van der Waals surface area contributed by atoms with E-state index in [0.717, 1.165) is 16.8 Å². The number of rotatable bonds is 2. The van der Waals surface area contributed by atoms with Crippen LogP contribution in [0.3, 0.4) is 0 Å². The second-order valence-electron chi connectivity index (χ2n) is 5.21. The molecule has 8 heteroatoms. The van der Waals surface area contributed by atoms with Crippen LogP contribution < -0.4 is 5.32 Å². The first-order valence-electron chi connectivity index (χ1n) is 7.10. The molecule has 0 radical (unpaired) electrons. The average Bonchev–Trinajstić information content (AvgIpc) is 3.03. The number of halogens is 3. The van der Waals surface area contributed by atoms with Gasteiger partial charge in [-0.15, -0.1) is 0 Å². The lowest BCUT2D eigenvalue weighted by Gasteiger charge is -2.25. The van der Waals surface area contributed by atoms with Crippen molar-refractivity contribution in [1.29, 1.82) is 0 Å². The maximum atomic E-state index is 6.38. The van der Waals surface area contributed by atoms with Crippen LogP contribution in [-0.4, -0.2) is 20.2 Å². The van der Waals surface area contributed by atoms with E-state index in [2.05, 4.69) is 20.8 Å². The Morgan fingerprint density at radius 1 is 0.917 bits per heavy atom. The molecule has 1 atom stereocenters. The molecule has 0 saturated heterocycles. The minimum absolute atomic E-state index is 0.344. The molecular weight excluding hydrogens is 369 g/mol. The highest BCUT2D eigenvalue weighted by molar-refractivity contribution is 6.36. The van der Waals surface area contributed by atoms with Crippen LogP contribution in [0.1, 0.15) is 17.2 Å². The third-order valence-electron chi connectivity index (χ3n) is 3.79. The van der Waals surface area contributed by atoms with Crippen LogP contribution in [0, 0.1) is 0 Å². The Bertz CT molecular complexity index is 930. The highest BCUT2D eigenvalue weighted by Crippen LogP contribution is 2.39. The van der Waals surface area contributed by atoms with E-state index >= 15 is 0 Å². The zero-order valence-corrected chi connectivity index (χ0v) is 14.4. The van der Waals surface area contributed by atoms with Gasteiger partial charge in [-0.3, -0.25) is 0 Å². The molecule has 5 nitrogen and oxygen atoms in total. The Kier molecular flexibility index (Phi) is 3.92. The van der Waals surface area contributed by atoms with Gasteiger partial charge in [0, 0.05) is 31.9 Å². The fraction of sp³-hybridized carbons (Fsp3) is 0.0625.